The maximum Gasteiger partial charge on any atom is 0.219 e. The van der Waals surface area contributed by atoms with E-state index in [2.05, 4.69) is 15.5 Å². The summed E-state index contributed by atoms with van der Waals surface area (Å²) in [5.41, 5.74) is 0. The fraction of sp³-hybridized carbons (Fsp3) is 0.889. The number of nitrogens with zero attached hydrogens (tertiary/aromatic N) is 4. The van der Waals surface area contributed by atoms with Gasteiger partial charge in [0.05, 0.1) is 0 Å². The Morgan fingerprint density at radius 3 is 2.16 bits per heavy atom. The number of aliphatic hydroxyl groups is 2. The van der Waals surface area contributed by atoms with Crippen LogP contribution in [0.15, 0.2) is 15.5 Å². The third-order valence-corrected chi connectivity index (χ3v) is 2.66. The number of carbonyl (C=O) groups is 1. The van der Waals surface area contributed by atoms with Crippen molar-refractivity contribution in [2.45, 2.75) is 31.2 Å². The Balaban J connectivity index is 4.86. The van der Waals surface area contributed by atoms with E-state index in [1.165, 1.54) is 14.0 Å². The van der Waals surface area contributed by atoms with Gasteiger partial charge in [-0.1, -0.05) is 15.5 Å². The SMILES string of the molecule is CC(=O)N(C)CC(N=O)C(N=O)C(O)C(O)CN=O. The zero-order valence-corrected chi connectivity index (χ0v) is 10.5. The van der Waals surface area contributed by atoms with E-state index in [0.29, 0.717) is 0 Å². The van der Waals surface area contributed by atoms with Crippen LogP contribution in [0.25, 0.3) is 0 Å². The van der Waals surface area contributed by atoms with Crippen LogP contribution in [0.2, 0.25) is 0 Å². The lowest BCUT2D eigenvalue weighted by molar-refractivity contribution is -0.127. The van der Waals surface area contributed by atoms with Crippen molar-refractivity contribution < 1.29 is 15.0 Å². The van der Waals surface area contributed by atoms with Crippen LogP contribution in [-0.2, 0) is 4.79 Å². The molecule has 0 saturated carbocycles. The van der Waals surface area contributed by atoms with Gasteiger partial charge in [0.25, 0.3) is 0 Å². The van der Waals surface area contributed by atoms with Gasteiger partial charge >= 0.3 is 0 Å². The molecule has 4 atom stereocenters. The molecule has 4 unspecified atom stereocenters. The summed E-state index contributed by atoms with van der Waals surface area (Å²) in [4.78, 5) is 43.5. The minimum Gasteiger partial charge on any atom is -0.388 e. The summed E-state index contributed by atoms with van der Waals surface area (Å²) in [5.74, 6) is -0.372. The van der Waals surface area contributed by atoms with E-state index in [1.807, 2.05) is 0 Å². The van der Waals surface area contributed by atoms with Crippen molar-refractivity contribution in [2.24, 2.45) is 15.5 Å². The van der Waals surface area contributed by atoms with Gasteiger partial charge in [0.15, 0.2) is 0 Å². The van der Waals surface area contributed by atoms with Gasteiger partial charge in [0, 0.05) is 20.5 Å². The third-order valence-electron chi connectivity index (χ3n) is 2.66. The number of likely N-dealkylation sites (N-methyl/N-ethyl adjacent to an activating group) is 1. The molecule has 108 valence electrons. The lowest BCUT2D eigenvalue weighted by Crippen LogP contribution is -2.47. The second-order valence-electron chi connectivity index (χ2n) is 4.04. The second-order valence-corrected chi connectivity index (χ2v) is 4.04. The molecule has 0 rings (SSSR count). The number of carbonyl (C=O) groups excluding carboxylic acids is 1. The maximum atomic E-state index is 11.0. The van der Waals surface area contributed by atoms with Crippen LogP contribution in [0.1, 0.15) is 6.92 Å². The average Bonchev–Trinajstić information content (AvgIpc) is 2.37. The molecular weight excluding hydrogens is 260 g/mol. The van der Waals surface area contributed by atoms with Crippen LogP contribution in [0.3, 0.4) is 0 Å². The Morgan fingerprint density at radius 2 is 1.79 bits per heavy atom. The molecule has 0 aliphatic heterocycles. The number of aliphatic hydroxyl groups excluding tert-OH is 2. The van der Waals surface area contributed by atoms with E-state index in [4.69, 9.17) is 0 Å². The highest BCUT2D eigenvalue weighted by atomic mass is 16.3. The fourth-order valence-electron chi connectivity index (χ4n) is 1.39. The molecule has 0 bridgehead atoms. The molecule has 0 spiro atoms. The van der Waals surface area contributed by atoms with Crippen molar-refractivity contribution in [1.82, 2.24) is 4.90 Å². The van der Waals surface area contributed by atoms with Crippen LogP contribution in [-0.4, -0.2) is 65.4 Å². The Hall–Kier alpha value is -1.81. The lowest BCUT2D eigenvalue weighted by atomic mass is 9.99. The van der Waals surface area contributed by atoms with E-state index in [9.17, 15) is 29.7 Å². The van der Waals surface area contributed by atoms with Gasteiger partial charge in [-0.3, -0.25) is 4.79 Å². The van der Waals surface area contributed by atoms with Gasteiger partial charge in [-0.05, 0) is 0 Å². The Morgan fingerprint density at radius 1 is 1.21 bits per heavy atom. The van der Waals surface area contributed by atoms with E-state index in [-0.39, 0.29) is 12.5 Å². The summed E-state index contributed by atoms with van der Waals surface area (Å²) in [6.45, 7) is 0.349. The van der Waals surface area contributed by atoms with Gasteiger partial charge in [-0.2, -0.15) is 14.7 Å². The molecule has 0 saturated heterocycles. The highest BCUT2D eigenvalue weighted by Gasteiger charge is 2.36. The second kappa shape index (κ2) is 8.32. The van der Waals surface area contributed by atoms with Gasteiger partial charge in [-0.15, -0.1) is 0 Å². The van der Waals surface area contributed by atoms with Crippen LogP contribution in [0.4, 0.5) is 0 Å². The number of amides is 1. The van der Waals surface area contributed by atoms with Crippen LogP contribution < -0.4 is 0 Å². The first kappa shape index (κ1) is 17.2. The average molecular weight is 276 g/mol. The molecule has 1 amide bonds. The molecule has 0 aliphatic carbocycles. The van der Waals surface area contributed by atoms with Crippen LogP contribution in [0, 0.1) is 14.7 Å². The summed E-state index contributed by atoms with van der Waals surface area (Å²) in [6, 6.07) is -2.90. The van der Waals surface area contributed by atoms with Crippen molar-refractivity contribution >= 4 is 5.91 Å². The van der Waals surface area contributed by atoms with E-state index >= 15 is 0 Å². The van der Waals surface area contributed by atoms with E-state index < -0.39 is 30.8 Å². The molecule has 0 aromatic heterocycles. The maximum absolute atomic E-state index is 11.0. The number of nitroso groups, excluding NO2 is 3. The molecule has 10 heteroatoms. The lowest BCUT2D eigenvalue weighted by Gasteiger charge is -2.26. The van der Waals surface area contributed by atoms with Crippen molar-refractivity contribution in [3.63, 3.8) is 0 Å². The van der Waals surface area contributed by atoms with E-state index in [1.54, 1.807) is 0 Å². The molecule has 10 nitrogen and oxygen atoms in total. The first-order chi connectivity index (χ1) is 8.88. The first-order valence-electron chi connectivity index (χ1n) is 5.40. The monoisotopic (exact) mass is 276 g/mol. The van der Waals surface area contributed by atoms with Gasteiger partial charge in [-0.25, -0.2) is 0 Å². The number of hydrogen-bond acceptors (Lipinski definition) is 9. The molecule has 0 aromatic rings. The summed E-state index contributed by atoms with van der Waals surface area (Å²) < 4.78 is 0. The molecule has 0 aliphatic rings. The molecule has 0 aromatic carbocycles. The summed E-state index contributed by atoms with van der Waals surface area (Å²) in [5, 5.41) is 26.5. The standard InChI is InChI=1S/C9H16N4O6/c1-5(14)13(2)4-6(11-18)8(12-19)9(16)7(15)3-10-17/h6-9,15-16H,3-4H2,1-2H3. The van der Waals surface area contributed by atoms with Crippen molar-refractivity contribution in [3.05, 3.63) is 14.7 Å². The molecular formula is C9H16N4O6. The molecule has 19 heavy (non-hydrogen) atoms. The predicted molar refractivity (Wildman–Crippen MR) is 65.2 cm³/mol. The largest absolute Gasteiger partial charge is 0.388 e. The zero-order chi connectivity index (χ0) is 15.0. The molecule has 0 fully saturated rings. The summed E-state index contributed by atoms with van der Waals surface area (Å²) in [7, 11) is 1.37. The van der Waals surface area contributed by atoms with Gasteiger partial charge in [0.2, 0.25) is 5.91 Å². The molecule has 0 heterocycles. The van der Waals surface area contributed by atoms with Crippen molar-refractivity contribution in [3.8, 4) is 0 Å². The van der Waals surface area contributed by atoms with Crippen LogP contribution >= 0.6 is 0 Å². The molecule has 0 radical (unpaired) electrons. The third kappa shape index (κ3) is 5.14. The summed E-state index contributed by atoms with van der Waals surface area (Å²) >= 11 is 0. The topological polar surface area (TPSA) is 149 Å². The predicted octanol–water partition coefficient (Wildman–Crippen LogP) is -0.777. The Labute approximate surface area is 108 Å². The minimum atomic E-state index is -1.77. The highest BCUT2D eigenvalue weighted by molar-refractivity contribution is 5.72. The Bertz CT molecular complexity index is 339. The smallest absolute Gasteiger partial charge is 0.219 e. The number of hydrogen-bond donors (Lipinski definition) is 2. The molecule has 2 N–H and O–H groups in total. The zero-order valence-electron chi connectivity index (χ0n) is 10.5. The first-order valence-corrected chi connectivity index (χ1v) is 5.40. The van der Waals surface area contributed by atoms with E-state index in [0.717, 1.165) is 4.90 Å². The van der Waals surface area contributed by atoms with Gasteiger partial charge < -0.3 is 15.1 Å². The van der Waals surface area contributed by atoms with Gasteiger partial charge in [0.1, 0.15) is 30.8 Å². The minimum absolute atomic E-state index is 0.243. The summed E-state index contributed by atoms with van der Waals surface area (Å²) in [6.07, 6.45) is -3.40. The quantitative estimate of drug-likeness (QED) is 0.527. The Kier molecular flexibility index (Phi) is 7.53. The number of rotatable bonds is 9. The highest BCUT2D eigenvalue weighted by Crippen LogP contribution is 2.13. The van der Waals surface area contributed by atoms with Crippen LogP contribution in [0.5, 0.6) is 0 Å². The normalized spacial score (nSPS) is 16.8. The van der Waals surface area contributed by atoms with Crippen molar-refractivity contribution in [2.75, 3.05) is 20.1 Å². The van der Waals surface area contributed by atoms with Crippen molar-refractivity contribution in [1.29, 1.82) is 0 Å². The fourth-order valence-corrected chi connectivity index (χ4v) is 1.39.